The van der Waals surface area contributed by atoms with E-state index in [4.69, 9.17) is 10.5 Å². The van der Waals surface area contributed by atoms with Crippen molar-refractivity contribution in [3.63, 3.8) is 0 Å². The smallest absolute Gasteiger partial charge is 0.0568 e. The summed E-state index contributed by atoms with van der Waals surface area (Å²) in [6.45, 7) is 6.51. The molecule has 4 unspecified atom stereocenters. The van der Waals surface area contributed by atoms with Gasteiger partial charge in [-0.05, 0) is 64.8 Å². The molecule has 4 atom stereocenters. The van der Waals surface area contributed by atoms with Crippen LogP contribution in [0.15, 0.2) is 0 Å². The Labute approximate surface area is 124 Å². The van der Waals surface area contributed by atoms with Crippen molar-refractivity contribution in [3.05, 3.63) is 0 Å². The summed E-state index contributed by atoms with van der Waals surface area (Å²) in [6, 6.07) is 0.804. The summed E-state index contributed by atoms with van der Waals surface area (Å²) >= 11 is 0. The Morgan fingerprint density at radius 1 is 1.05 bits per heavy atom. The predicted molar refractivity (Wildman–Crippen MR) is 82.7 cm³/mol. The highest BCUT2D eigenvalue weighted by molar-refractivity contribution is 5.03. The zero-order valence-electron chi connectivity index (χ0n) is 13.3. The molecule has 3 aliphatic rings. The lowest BCUT2D eigenvalue weighted by atomic mass is 9.73. The van der Waals surface area contributed by atoms with Crippen LogP contribution in [0.2, 0.25) is 0 Å². The third kappa shape index (κ3) is 2.65. The van der Waals surface area contributed by atoms with E-state index in [1.807, 2.05) is 0 Å². The molecular formula is C17H32N2O. The van der Waals surface area contributed by atoms with Crippen LogP contribution in [0.4, 0.5) is 0 Å². The van der Waals surface area contributed by atoms with Crippen molar-refractivity contribution in [2.24, 2.45) is 11.7 Å². The van der Waals surface area contributed by atoms with E-state index in [0.29, 0.717) is 12.2 Å². The van der Waals surface area contributed by atoms with Gasteiger partial charge in [0, 0.05) is 18.1 Å². The summed E-state index contributed by atoms with van der Waals surface area (Å²) < 4.78 is 5.99. The molecule has 0 aromatic carbocycles. The van der Waals surface area contributed by atoms with Gasteiger partial charge in [0.1, 0.15) is 0 Å². The fourth-order valence-electron chi connectivity index (χ4n) is 5.38. The number of piperidine rings is 1. The summed E-state index contributed by atoms with van der Waals surface area (Å²) in [5.74, 6) is 0.939. The van der Waals surface area contributed by atoms with E-state index in [2.05, 4.69) is 18.7 Å². The molecule has 3 nitrogen and oxygen atoms in total. The Balaban J connectivity index is 1.83. The second-order valence-electron chi connectivity index (χ2n) is 7.54. The maximum atomic E-state index is 6.32. The van der Waals surface area contributed by atoms with Gasteiger partial charge in [-0.1, -0.05) is 12.8 Å². The number of hydrogen-bond donors (Lipinski definition) is 1. The fraction of sp³-hybridized carbons (Fsp3) is 1.00. The van der Waals surface area contributed by atoms with Crippen molar-refractivity contribution < 1.29 is 4.74 Å². The van der Waals surface area contributed by atoms with Gasteiger partial charge in [0.25, 0.3) is 0 Å². The van der Waals surface area contributed by atoms with Gasteiger partial charge in [-0.15, -0.1) is 0 Å². The molecule has 2 N–H and O–H groups in total. The lowest BCUT2D eigenvalue weighted by molar-refractivity contribution is -0.129. The highest BCUT2D eigenvalue weighted by Crippen LogP contribution is 2.43. The highest BCUT2D eigenvalue weighted by Gasteiger charge is 2.47. The van der Waals surface area contributed by atoms with Crippen LogP contribution in [-0.4, -0.2) is 41.8 Å². The molecule has 0 aromatic heterocycles. The summed E-state index contributed by atoms with van der Waals surface area (Å²) in [7, 11) is 0. The normalized spacial score (nSPS) is 47.0. The number of likely N-dealkylation sites (tertiary alicyclic amines) is 1. The molecule has 0 bridgehead atoms. The third-order valence-corrected chi connectivity index (χ3v) is 6.03. The van der Waals surface area contributed by atoms with Gasteiger partial charge in [0.15, 0.2) is 0 Å². The van der Waals surface area contributed by atoms with Gasteiger partial charge < -0.3 is 10.5 Å². The zero-order chi connectivity index (χ0) is 14.2. The second-order valence-corrected chi connectivity index (χ2v) is 7.54. The van der Waals surface area contributed by atoms with E-state index < -0.39 is 0 Å². The van der Waals surface area contributed by atoms with Crippen molar-refractivity contribution in [1.29, 1.82) is 0 Å². The van der Waals surface area contributed by atoms with Crippen LogP contribution < -0.4 is 5.73 Å². The number of nitrogens with two attached hydrogens (primary N) is 1. The van der Waals surface area contributed by atoms with E-state index in [0.717, 1.165) is 31.3 Å². The number of ether oxygens (including phenoxy) is 1. The molecule has 1 saturated carbocycles. The average Bonchev–Trinajstić information content (AvgIpc) is 2.45. The fourth-order valence-corrected chi connectivity index (χ4v) is 5.38. The standard InChI is InChI=1S/C17H32N2O/c1-13-10-17(12-18,11-14(2)20-13)19-9-5-7-15-6-3-4-8-16(15)19/h13-16H,3-12,18H2,1-2H3. The molecule has 20 heavy (non-hydrogen) atoms. The third-order valence-electron chi connectivity index (χ3n) is 6.03. The lowest BCUT2D eigenvalue weighted by Crippen LogP contribution is -2.65. The summed E-state index contributed by atoms with van der Waals surface area (Å²) in [5, 5.41) is 0. The largest absolute Gasteiger partial charge is 0.375 e. The minimum Gasteiger partial charge on any atom is -0.375 e. The van der Waals surface area contributed by atoms with Crippen molar-refractivity contribution >= 4 is 0 Å². The van der Waals surface area contributed by atoms with Crippen LogP contribution >= 0.6 is 0 Å². The number of hydrogen-bond acceptors (Lipinski definition) is 3. The summed E-state index contributed by atoms with van der Waals surface area (Å²) in [4.78, 5) is 2.84. The first kappa shape index (κ1) is 14.8. The van der Waals surface area contributed by atoms with E-state index in [9.17, 15) is 0 Å². The first-order chi connectivity index (χ1) is 9.64. The van der Waals surface area contributed by atoms with E-state index in [-0.39, 0.29) is 5.54 Å². The molecule has 3 rings (SSSR count). The molecule has 0 spiro atoms. The molecule has 0 radical (unpaired) electrons. The van der Waals surface area contributed by atoms with Gasteiger partial charge >= 0.3 is 0 Å². The monoisotopic (exact) mass is 280 g/mol. The molecule has 2 heterocycles. The zero-order valence-corrected chi connectivity index (χ0v) is 13.3. The van der Waals surface area contributed by atoms with Crippen molar-refractivity contribution in [2.75, 3.05) is 13.1 Å². The van der Waals surface area contributed by atoms with Crippen LogP contribution in [0.5, 0.6) is 0 Å². The van der Waals surface area contributed by atoms with Gasteiger partial charge in [0.2, 0.25) is 0 Å². The van der Waals surface area contributed by atoms with E-state index in [1.165, 1.54) is 45.1 Å². The SMILES string of the molecule is CC1CC(CN)(N2CCCC3CCCCC32)CC(C)O1. The van der Waals surface area contributed by atoms with Gasteiger partial charge in [-0.25, -0.2) is 0 Å². The van der Waals surface area contributed by atoms with Crippen molar-refractivity contribution in [1.82, 2.24) is 4.90 Å². The van der Waals surface area contributed by atoms with Gasteiger partial charge in [0.05, 0.1) is 12.2 Å². The Bertz CT molecular complexity index is 321. The molecule has 3 fully saturated rings. The lowest BCUT2D eigenvalue weighted by Gasteiger charge is -2.56. The van der Waals surface area contributed by atoms with Gasteiger partial charge in [-0.3, -0.25) is 4.90 Å². The molecule has 0 aromatic rings. The number of rotatable bonds is 2. The highest BCUT2D eigenvalue weighted by atomic mass is 16.5. The Kier molecular flexibility index (Phi) is 4.40. The maximum Gasteiger partial charge on any atom is 0.0568 e. The van der Waals surface area contributed by atoms with Crippen LogP contribution in [0, 0.1) is 5.92 Å². The van der Waals surface area contributed by atoms with Crippen LogP contribution in [0.3, 0.4) is 0 Å². The van der Waals surface area contributed by atoms with Crippen LogP contribution in [-0.2, 0) is 4.74 Å². The molecule has 3 heteroatoms. The minimum atomic E-state index is 0.206. The number of fused-ring (bicyclic) bond motifs is 1. The minimum absolute atomic E-state index is 0.206. The quantitative estimate of drug-likeness (QED) is 0.845. The summed E-state index contributed by atoms with van der Waals surface area (Å²) in [6.07, 6.45) is 11.5. The molecular weight excluding hydrogens is 248 g/mol. The Hall–Kier alpha value is -0.120. The van der Waals surface area contributed by atoms with Crippen LogP contribution in [0.1, 0.15) is 65.2 Å². The Morgan fingerprint density at radius 2 is 1.70 bits per heavy atom. The molecule has 2 saturated heterocycles. The van der Waals surface area contributed by atoms with Crippen molar-refractivity contribution in [2.45, 2.75) is 89.0 Å². The predicted octanol–water partition coefficient (Wildman–Crippen LogP) is 2.93. The van der Waals surface area contributed by atoms with E-state index >= 15 is 0 Å². The molecule has 0 amide bonds. The van der Waals surface area contributed by atoms with Crippen molar-refractivity contribution in [3.8, 4) is 0 Å². The molecule has 2 aliphatic heterocycles. The first-order valence-electron chi connectivity index (χ1n) is 8.77. The maximum absolute atomic E-state index is 6.32. The number of nitrogens with zero attached hydrogens (tertiary/aromatic N) is 1. The van der Waals surface area contributed by atoms with Crippen LogP contribution in [0.25, 0.3) is 0 Å². The summed E-state index contributed by atoms with van der Waals surface area (Å²) in [5.41, 5.74) is 6.52. The van der Waals surface area contributed by atoms with Gasteiger partial charge in [-0.2, -0.15) is 0 Å². The Morgan fingerprint density at radius 3 is 2.40 bits per heavy atom. The topological polar surface area (TPSA) is 38.5 Å². The molecule has 116 valence electrons. The average molecular weight is 280 g/mol. The van der Waals surface area contributed by atoms with E-state index in [1.54, 1.807) is 0 Å². The first-order valence-corrected chi connectivity index (χ1v) is 8.77. The molecule has 1 aliphatic carbocycles. The second kappa shape index (κ2) is 5.94.